The minimum absolute atomic E-state index is 0.00356. The molecule has 0 aliphatic heterocycles. The van der Waals surface area contributed by atoms with Gasteiger partial charge in [0, 0.05) is 10.6 Å². The van der Waals surface area contributed by atoms with E-state index in [2.05, 4.69) is 0 Å². The van der Waals surface area contributed by atoms with E-state index in [-0.39, 0.29) is 21.7 Å². The van der Waals surface area contributed by atoms with Gasteiger partial charge in [-0.1, -0.05) is 17.8 Å². The van der Waals surface area contributed by atoms with Gasteiger partial charge in [-0.15, -0.1) is 0 Å². The van der Waals surface area contributed by atoms with Crippen LogP contribution in [0.1, 0.15) is 20.7 Å². The molecule has 0 aliphatic rings. The third-order valence-electron chi connectivity index (χ3n) is 2.67. The Morgan fingerprint density at radius 2 is 1.81 bits per heavy atom. The Bertz CT molecular complexity index is 733. The van der Waals surface area contributed by atoms with Gasteiger partial charge in [0.05, 0.1) is 16.0 Å². The van der Waals surface area contributed by atoms with Crippen molar-refractivity contribution >= 4 is 29.4 Å². The largest absolute Gasteiger partial charge is 0.478 e. The van der Waals surface area contributed by atoms with Crippen LogP contribution in [0.5, 0.6) is 0 Å². The number of carboxylic acid groups (broad SMARTS) is 2. The molecule has 2 aromatic rings. The summed E-state index contributed by atoms with van der Waals surface area (Å²) in [5.74, 6) is -3.06. The van der Waals surface area contributed by atoms with Gasteiger partial charge in [0.25, 0.3) is 0 Å². The summed E-state index contributed by atoms with van der Waals surface area (Å²) in [6.07, 6.45) is 0. The van der Waals surface area contributed by atoms with E-state index in [9.17, 15) is 14.0 Å². The summed E-state index contributed by atoms with van der Waals surface area (Å²) < 4.78 is 13.8. The first-order valence-electron chi connectivity index (χ1n) is 5.72. The molecule has 0 atom stereocenters. The van der Waals surface area contributed by atoms with Crippen molar-refractivity contribution in [2.45, 2.75) is 9.79 Å². The van der Waals surface area contributed by atoms with Crippen LogP contribution in [-0.4, -0.2) is 22.2 Å². The third kappa shape index (κ3) is 3.14. The topological polar surface area (TPSA) is 101 Å². The first-order chi connectivity index (χ1) is 9.90. The van der Waals surface area contributed by atoms with Crippen LogP contribution in [-0.2, 0) is 0 Å². The first-order valence-corrected chi connectivity index (χ1v) is 6.54. The maximum atomic E-state index is 13.8. The molecule has 0 bridgehead atoms. The Kier molecular flexibility index (Phi) is 4.13. The van der Waals surface area contributed by atoms with Gasteiger partial charge in [0.2, 0.25) is 0 Å². The number of carboxylic acids is 2. The lowest BCUT2D eigenvalue weighted by Crippen LogP contribution is -2.02. The highest BCUT2D eigenvalue weighted by Gasteiger charge is 2.17. The Morgan fingerprint density at radius 1 is 1.10 bits per heavy atom. The quantitative estimate of drug-likeness (QED) is 0.751. The summed E-state index contributed by atoms with van der Waals surface area (Å²) in [5.41, 5.74) is 5.69. The Balaban J connectivity index is 2.44. The highest BCUT2D eigenvalue weighted by molar-refractivity contribution is 7.99. The molecule has 0 heterocycles. The van der Waals surface area contributed by atoms with E-state index in [0.717, 1.165) is 17.8 Å². The van der Waals surface area contributed by atoms with Gasteiger partial charge in [-0.3, -0.25) is 0 Å². The van der Waals surface area contributed by atoms with Crippen molar-refractivity contribution in [1.29, 1.82) is 0 Å². The van der Waals surface area contributed by atoms with E-state index in [4.69, 9.17) is 15.9 Å². The van der Waals surface area contributed by atoms with Crippen LogP contribution in [0.3, 0.4) is 0 Å². The van der Waals surface area contributed by atoms with Gasteiger partial charge >= 0.3 is 11.9 Å². The average molecular weight is 307 g/mol. The van der Waals surface area contributed by atoms with Gasteiger partial charge < -0.3 is 15.9 Å². The van der Waals surface area contributed by atoms with Crippen LogP contribution in [0.4, 0.5) is 10.1 Å². The van der Waals surface area contributed by atoms with Crippen molar-refractivity contribution in [3.05, 3.63) is 53.3 Å². The number of aromatic carboxylic acids is 2. The van der Waals surface area contributed by atoms with Crippen LogP contribution in [0.2, 0.25) is 0 Å². The third-order valence-corrected chi connectivity index (χ3v) is 3.88. The number of halogens is 1. The fourth-order valence-electron chi connectivity index (χ4n) is 1.67. The predicted octanol–water partition coefficient (Wildman–Crippen LogP) is 2.96. The molecule has 0 aromatic heterocycles. The van der Waals surface area contributed by atoms with Crippen LogP contribution >= 0.6 is 11.8 Å². The van der Waals surface area contributed by atoms with Gasteiger partial charge in [0.1, 0.15) is 5.82 Å². The molecule has 7 heteroatoms. The van der Waals surface area contributed by atoms with E-state index in [1.807, 2.05) is 0 Å². The smallest absolute Gasteiger partial charge is 0.336 e. The molecule has 108 valence electrons. The number of nitrogens with two attached hydrogens (primary N) is 1. The summed E-state index contributed by atoms with van der Waals surface area (Å²) in [4.78, 5) is 22.2. The molecule has 0 fully saturated rings. The highest BCUT2D eigenvalue weighted by Crippen LogP contribution is 2.36. The fraction of sp³-hybridized carbons (Fsp3) is 0. The van der Waals surface area contributed by atoms with Crippen molar-refractivity contribution in [2.75, 3.05) is 5.73 Å². The molecular formula is C14H10FNO4S. The summed E-state index contributed by atoms with van der Waals surface area (Å²) in [5, 5.41) is 17.9. The van der Waals surface area contributed by atoms with Gasteiger partial charge in [-0.25, -0.2) is 14.0 Å². The molecule has 4 N–H and O–H groups in total. The second kappa shape index (κ2) is 5.84. The highest BCUT2D eigenvalue weighted by atomic mass is 32.2. The zero-order chi connectivity index (χ0) is 15.6. The first kappa shape index (κ1) is 14.9. The lowest BCUT2D eigenvalue weighted by Gasteiger charge is -2.09. The zero-order valence-electron chi connectivity index (χ0n) is 10.5. The summed E-state index contributed by atoms with van der Waals surface area (Å²) >= 11 is 0.842. The molecular weight excluding hydrogens is 297 g/mol. The van der Waals surface area contributed by atoms with Crippen molar-refractivity contribution in [3.63, 3.8) is 0 Å². The number of carbonyl (C=O) groups is 2. The second-order valence-electron chi connectivity index (χ2n) is 4.08. The van der Waals surface area contributed by atoms with Crippen LogP contribution in [0.15, 0.2) is 46.2 Å². The Labute approximate surface area is 123 Å². The second-order valence-corrected chi connectivity index (χ2v) is 5.13. The lowest BCUT2D eigenvalue weighted by atomic mass is 10.2. The predicted molar refractivity (Wildman–Crippen MR) is 75.3 cm³/mol. The maximum absolute atomic E-state index is 13.8. The Hall–Kier alpha value is -2.54. The number of rotatable bonds is 4. The van der Waals surface area contributed by atoms with E-state index < -0.39 is 17.8 Å². The number of hydrogen-bond acceptors (Lipinski definition) is 4. The minimum atomic E-state index is -1.25. The molecule has 0 unspecified atom stereocenters. The molecule has 2 rings (SSSR count). The number of nitrogen functional groups attached to an aromatic ring is 1. The van der Waals surface area contributed by atoms with Crippen molar-refractivity contribution < 1.29 is 24.2 Å². The number of anilines is 1. The maximum Gasteiger partial charge on any atom is 0.336 e. The van der Waals surface area contributed by atoms with Gasteiger partial charge in [0.15, 0.2) is 0 Å². The minimum Gasteiger partial charge on any atom is -0.478 e. The molecule has 0 saturated carbocycles. The summed E-state index contributed by atoms with van der Waals surface area (Å²) in [6, 6.07) is 7.72. The van der Waals surface area contributed by atoms with Crippen LogP contribution in [0, 0.1) is 5.82 Å². The van der Waals surface area contributed by atoms with E-state index in [1.165, 1.54) is 30.3 Å². The average Bonchev–Trinajstić information content (AvgIpc) is 2.42. The standard InChI is InChI=1S/C14H10FNO4S/c15-9-3-1-2-8(14(19)20)12(9)21-11-5-4-7(13(17)18)6-10(11)16/h1-6H,16H2,(H,17,18)(H,19,20). The van der Waals surface area contributed by atoms with E-state index in [0.29, 0.717) is 4.90 Å². The molecule has 0 spiro atoms. The normalized spacial score (nSPS) is 10.3. The molecule has 2 aromatic carbocycles. The SMILES string of the molecule is Nc1cc(C(=O)O)ccc1Sc1c(F)cccc1C(=O)O. The fourth-order valence-corrected chi connectivity index (χ4v) is 2.63. The number of hydrogen-bond donors (Lipinski definition) is 3. The monoisotopic (exact) mass is 307 g/mol. The van der Waals surface area contributed by atoms with Crippen molar-refractivity contribution in [2.24, 2.45) is 0 Å². The molecule has 5 nitrogen and oxygen atoms in total. The van der Waals surface area contributed by atoms with Crippen molar-refractivity contribution in [3.8, 4) is 0 Å². The molecule has 0 amide bonds. The van der Waals surface area contributed by atoms with Crippen LogP contribution < -0.4 is 5.73 Å². The Morgan fingerprint density at radius 3 is 2.38 bits per heavy atom. The zero-order valence-corrected chi connectivity index (χ0v) is 11.4. The lowest BCUT2D eigenvalue weighted by molar-refractivity contribution is 0.0683. The summed E-state index contributed by atoms with van der Waals surface area (Å²) in [6.45, 7) is 0. The summed E-state index contributed by atoms with van der Waals surface area (Å²) in [7, 11) is 0. The molecule has 21 heavy (non-hydrogen) atoms. The van der Waals surface area contributed by atoms with Gasteiger partial charge in [-0.05, 0) is 30.3 Å². The van der Waals surface area contributed by atoms with Gasteiger partial charge in [-0.2, -0.15) is 0 Å². The molecule has 0 radical (unpaired) electrons. The van der Waals surface area contributed by atoms with Crippen LogP contribution in [0.25, 0.3) is 0 Å². The molecule has 0 aliphatic carbocycles. The van der Waals surface area contributed by atoms with Crippen molar-refractivity contribution in [1.82, 2.24) is 0 Å². The molecule has 0 saturated heterocycles. The van der Waals surface area contributed by atoms with E-state index in [1.54, 1.807) is 0 Å². The van der Waals surface area contributed by atoms with E-state index >= 15 is 0 Å². The number of benzene rings is 2.